The first-order valence-electron chi connectivity index (χ1n) is 9.39. The molecule has 154 valence electrons. The minimum absolute atomic E-state index is 0.0819. The zero-order valence-electron chi connectivity index (χ0n) is 17.3. The molecule has 0 saturated heterocycles. The van der Waals surface area contributed by atoms with Crippen molar-refractivity contribution in [3.8, 4) is 28.1 Å². The molecule has 6 nitrogen and oxygen atoms in total. The number of ether oxygens (including phenoxy) is 2. The average Bonchev–Trinajstić information content (AvgIpc) is 2.72. The number of nitrogens with zero attached hydrogens (tertiary/aromatic N) is 1. The Morgan fingerprint density at radius 3 is 2.03 bits per heavy atom. The van der Waals surface area contributed by atoms with Gasteiger partial charge in [-0.1, -0.05) is 12.1 Å². The van der Waals surface area contributed by atoms with Crippen LogP contribution in [-0.4, -0.2) is 34.7 Å². The summed E-state index contributed by atoms with van der Waals surface area (Å²) in [5.74, 6) is -0.763. The van der Waals surface area contributed by atoms with Gasteiger partial charge < -0.3 is 14.6 Å². The lowest BCUT2D eigenvalue weighted by atomic mass is 9.97. The van der Waals surface area contributed by atoms with Crippen LogP contribution in [0.5, 0.6) is 5.75 Å². The van der Waals surface area contributed by atoms with Gasteiger partial charge in [0.25, 0.3) is 0 Å². The fourth-order valence-electron chi connectivity index (χ4n) is 2.90. The van der Waals surface area contributed by atoms with Crippen molar-refractivity contribution >= 4 is 11.9 Å². The summed E-state index contributed by atoms with van der Waals surface area (Å²) in [6.07, 6.45) is 1.33. The number of carboxylic acids is 1. The predicted octanol–water partition coefficient (Wildman–Crippen LogP) is 5.08. The van der Waals surface area contributed by atoms with Gasteiger partial charge in [0, 0.05) is 17.3 Å². The van der Waals surface area contributed by atoms with E-state index in [0.29, 0.717) is 22.6 Å². The van der Waals surface area contributed by atoms with Crippen LogP contribution in [0.25, 0.3) is 22.4 Å². The molecule has 6 heteroatoms. The number of benzene rings is 2. The highest BCUT2D eigenvalue weighted by Gasteiger charge is 2.19. The second-order valence-corrected chi connectivity index (χ2v) is 7.73. The predicted molar refractivity (Wildman–Crippen MR) is 114 cm³/mol. The van der Waals surface area contributed by atoms with E-state index in [9.17, 15) is 14.7 Å². The summed E-state index contributed by atoms with van der Waals surface area (Å²) >= 11 is 0. The van der Waals surface area contributed by atoms with E-state index in [1.165, 1.54) is 6.20 Å². The van der Waals surface area contributed by atoms with Crippen molar-refractivity contribution in [1.82, 2.24) is 4.98 Å². The Kier molecular flexibility index (Phi) is 5.87. The van der Waals surface area contributed by atoms with Crippen LogP contribution in [0, 0.1) is 0 Å². The van der Waals surface area contributed by atoms with Crippen LogP contribution in [0.2, 0.25) is 0 Å². The van der Waals surface area contributed by atoms with Crippen molar-refractivity contribution in [3.63, 3.8) is 0 Å². The van der Waals surface area contributed by atoms with Gasteiger partial charge in [0.1, 0.15) is 11.4 Å². The first-order chi connectivity index (χ1) is 14.2. The molecule has 0 amide bonds. The Bertz CT molecular complexity index is 1060. The molecule has 0 aliphatic rings. The number of aromatic carboxylic acids is 1. The molecule has 1 aromatic heterocycles. The zero-order valence-corrected chi connectivity index (χ0v) is 17.3. The van der Waals surface area contributed by atoms with Gasteiger partial charge in [-0.3, -0.25) is 4.98 Å². The van der Waals surface area contributed by atoms with Gasteiger partial charge >= 0.3 is 11.9 Å². The van der Waals surface area contributed by atoms with E-state index in [0.717, 1.165) is 11.1 Å². The first-order valence-corrected chi connectivity index (χ1v) is 9.39. The summed E-state index contributed by atoms with van der Waals surface area (Å²) in [4.78, 5) is 28.1. The lowest BCUT2D eigenvalue weighted by Crippen LogP contribution is -2.23. The number of carbonyl (C=O) groups excluding carboxylic acids is 1. The molecule has 1 heterocycles. The fraction of sp³-hybridized carbons (Fsp3) is 0.208. The highest BCUT2D eigenvalue weighted by molar-refractivity contribution is 5.93. The van der Waals surface area contributed by atoms with Crippen molar-refractivity contribution in [2.75, 3.05) is 7.11 Å². The Hall–Kier alpha value is -3.67. The van der Waals surface area contributed by atoms with Gasteiger partial charge in [0.15, 0.2) is 0 Å². The van der Waals surface area contributed by atoms with Crippen LogP contribution >= 0.6 is 0 Å². The molecule has 0 aliphatic heterocycles. The second-order valence-electron chi connectivity index (χ2n) is 7.73. The van der Waals surface area contributed by atoms with Crippen LogP contribution in [0.4, 0.5) is 0 Å². The quantitative estimate of drug-likeness (QED) is 0.596. The number of carbonyl (C=O) groups is 2. The van der Waals surface area contributed by atoms with Crippen molar-refractivity contribution < 1.29 is 24.2 Å². The normalized spacial score (nSPS) is 11.1. The lowest BCUT2D eigenvalue weighted by Gasteiger charge is -2.19. The average molecular weight is 405 g/mol. The monoisotopic (exact) mass is 405 g/mol. The van der Waals surface area contributed by atoms with E-state index in [2.05, 4.69) is 4.98 Å². The summed E-state index contributed by atoms with van der Waals surface area (Å²) in [5.41, 5.74) is 2.75. The maximum absolute atomic E-state index is 12.3. The Morgan fingerprint density at radius 1 is 0.900 bits per heavy atom. The minimum atomic E-state index is -1.06. The lowest BCUT2D eigenvalue weighted by molar-refractivity contribution is 0.00693. The summed E-state index contributed by atoms with van der Waals surface area (Å²) < 4.78 is 10.6. The minimum Gasteiger partial charge on any atom is -0.497 e. The number of carboxylic acid groups (broad SMARTS) is 1. The van der Waals surface area contributed by atoms with E-state index in [1.54, 1.807) is 37.4 Å². The maximum atomic E-state index is 12.3. The van der Waals surface area contributed by atoms with Gasteiger partial charge in [0.05, 0.1) is 23.9 Å². The van der Waals surface area contributed by atoms with Crippen molar-refractivity contribution in [2.24, 2.45) is 0 Å². The smallest absolute Gasteiger partial charge is 0.338 e. The third-order valence-electron chi connectivity index (χ3n) is 4.33. The summed E-state index contributed by atoms with van der Waals surface area (Å²) in [5, 5.41) is 9.39. The van der Waals surface area contributed by atoms with Crippen LogP contribution < -0.4 is 4.74 Å². The molecular formula is C24H23NO5. The molecule has 2 aromatic carbocycles. The standard InChI is InChI=1S/C24H23NO5/c1-24(2,3)30-23(28)17-7-5-15(6-8-17)20-13-18(22(26)27)14-25-21(20)16-9-11-19(29-4)12-10-16/h5-14H,1-4H3,(H,26,27). The molecule has 0 spiro atoms. The number of rotatable bonds is 5. The summed E-state index contributed by atoms with van der Waals surface area (Å²) in [6, 6.07) is 15.8. The first kappa shape index (κ1) is 21.0. The van der Waals surface area contributed by atoms with Gasteiger partial charge in [-0.2, -0.15) is 0 Å². The molecule has 0 unspecified atom stereocenters. The number of aromatic nitrogens is 1. The van der Waals surface area contributed by atoms with Gasteiger partial charge in [-0.25, -0.2) is 9.59 Å². The van der Waals surface area contributed by atoms with Gasteiger partial charge in [-0.05, 0) is 68.8 Å². The number of hydrogen-bond donors (Lipinski definition) is 1. The summed E-state index contributed by atoms with van der Waals surface area (Å²) in [7, 11) is 1.59. The molecule has 30 heavy (non-hydrogen) atoms. The molecule has 1 N–H and O–H groups in total. The Balaban J connectivity index is 2.03. The molecular weight excluding hydrogens is 382 g/mol. The number of pyridine rings is 1. The third kappa shape index (κ3) is 4.84. The second kappa shape index (κ2) is 8.37. The number of esters is 1. The van der Waals surface area contributed by atoms with E-state index >= 15 is 0 Å². The van der Waals surface area contributed by atoms with Crippen LogP contribution in [-0.2, 0) is 4.74 Å². The molecule has 0 radical (unpaired) electrons. The van der Waals surface area contributed by atoms with E-state index in [-0.39, 0.29) is 5.56 Å². The third-order valence-corrected chi connectivity index (χ3v) is 4.33. The molecule has 0 bridgehead atoms. The molecule has 0 atom stereocenters. The zero-order chi connectivity index (χ0) is 21.9. The van der Waals surface area contributed by atoms with Gasteiger partial charge in [-0.15, -0.1) is 0 Å². The Morgan fingerprint density at radius 2 is 1.50 bits per heavy atom. The van der Waals surface area contributed by atoms with E-state index < -0.39 is 17.5 Å². The Labute approximate surface area is 175 Å². The van der Waals surface area contributed by atoms with Crippen molar-refractivity contribution in [1.29, 1.82) is 0 Å². The molecule has 0 fully saturated rings. The summed E-state index contributed by atoms with van der Waals surface area (Å²) in [6.45, 7) is 5.43. The SMILES string of the molecule is COc1ccc(-c2ncc(C(=O)O)cc2-c2ccc(C(=O)OC(C)(C)C)cc2)cc1. The molecule has 3 aromatic rings. The number of hydrogen-bond acceptors (Lipinski definition) is 5. The van der Waals surface area contributed by atoms with Crippen LogP contribution in [0.15, 0.2) is 60.8 Å². The van der Waals surface area contributed by atoms with E-state index in [1.807, 2.05) is 45.0 Å². The maximum Gasteiger partial charge on any atom is 0.338 e. The molecule has 0 aliphatic carbocycles. The van der Waals surface area contributed by atoms with Crippen LogP contribution in [0.3, 0.4) is 0 Å². The topological polar surface area (TPSA) is 85.7 Å². The van der Waals surface area contributed by atoms with E-state index in [4.69, 9.17) is 9.47 Å². The van der Waals surface area contributed by atoms with Gasteiger partial charge in [0.2, 0.25) is 0 Å². The molecule has 0 saturated carbocycles. The molecule has 3 rings (SSSR count). The van der Waals surface area contributed by atoms with Crippen molar-refractivity contribution in [2.45, 2.75) is 26.4 Å². The number of methoxy groups -OCH3 is 1. The largest absolute Gasteiger partial charge is 0.497 e. The highest BCUT2D eigenvalue weighted by Crippen LogP contribution is 2.32. The fourth-order valence-corrected chi connectivity index (χ4v) is 2.90. The van der Waals surface area contributed by atoms with Crippen molar-refractivity contribution in [3.05, 3.63) is 71.9 Å². The van der Waals surface area contributed by atoms with Crippen LogP contribution in [0.1, 0.15) is 41.5 Å². The highest BCUT2D eigenvalue weighted by atomic mass is 16.6.